The molecule has 0 atom stereocenters. The van der Waals surface area contributed by atoms with E-state index in [4.69, 9.17) is 9.84 Å². The van der Waals surface area contributed by atoms with Crippen molar-refractivity contribution in [2.45, 2.75) is 19.6 Å². The number of fused-ring (bicyclic) bond motifs is 1. The lowest BCUT2D eigenvalue weighted by molar-refractivity contribution is -0.137. The minimum Gasteiger partial charge on any atom is -0.478 e. The molecule has 0 bridgehead atoms. The van der Waals surface area contributed by atoms with E-state index in [1.165, 1.54) is 34.9 Å². The minimum atomic E-state index is -4.49. The summed E-state index contributed by atoms with van der Waals surface area (Å²) in [5.74, 6) is -1.33. The quantitative estimate of drug-likeness (QED) is 0.262. The van der Waals surface area contributed by atoms with E-state index in [1.807, 2.05) is 0 Å². The summed E-state index contributed by atoms with van der Waals surface area (Å²) < 4.78 is 45.6. The molecule has 2 heterocycles. The first kappa shape index (κ1) is 28.0. The summed E-state index contributed by atoms with van der Waals surface area (Å²) >= 11 is 0. The van der Waals surface area contributed by atoms with Crippen molar-refractivity contribution < 1.29 is 32.6 Å². The van der Waals surface area contributed by atoms with Gasteiger partial charge in [-0.05, 0) is 79.2 Å². The molecule has 0 saturated heterocycles. The second-order valence-electron chi connectivity index (χ2n) is 9.19. The van der Waals surface area contributed by atoms with Crippen LogP contribution in [0.3, 0.4) is 0 Å². The number of carbonyl (C=O) groups excluding carboxylic acids is 1. The largest absolute Gasteiger partial charge is 0.478 e. The first-order valence-corrected chi connectivity index (χ1v) is 12.5. The fourth-order valence-electron chi connectivity index (χ4n) is 4.16. The van der Waals surface area contributed by atoms with Gasteiger partial charge >= 0.3 is 18.2 Å². The predicted octanol–water partition coefficient (Wildman–Crippen LogP) is 5.53. The zero-order chi connectivity index (χ0) is 30.0. The number of aromatic nitrogens is 3. The Bertz CT molecular complexity index is 1850. The zero-order valence-electron chi connectivity index (χ0n) is 21.8. The van der Waals surface area contributed by atoms with E-state index < -0.39 is 23.3 Å². The third kappa shape index (κ3) is 5.97. The maximum Gasteiger partial charge on any atom is 0.416 e. The number of hydrogen-bond donors (Lipinski definition) is 2. The average molecular weight is 575 g/mol. The molecule has 0 aliphatic heterocycles. The number of alkyl halides is 3. The number of amides is 1. The lowest BCUT2D eigenvalue weighted by atomic mass is 10.1. The number of ether oxygens (including phenoxy) is 1. The molecule has 0 aliphatic carbocycles. The highest BCUT2D eigenvalue weighted by Crippen LogP contribution is 2.31. The van der Waals surface area contributed by atoms with Gasteiger partial charge in [-0.25, -0.2) is 4.79 Å². The van der Waals surface area contributed by atoms with Gasteiger partial charge in [0.1, 0.15) is 5.75 Å². The lowest BCUT2D eigenvalue weighted by Crippen LogP contribution is -2.23. The molecule has 0 unspecified atom stereocenters. The Balaban J connectivity index is 1.39. The Morgan fingerprint density at radius 3 is 2.14 bits per heavy atom. The van der Waals surface area contributed by atoms with Crippen LogP contribution in [0, 0.1) is 6.92 Å². The van der Waals surface area contributed by atoms with Crippen LogP contribution in [0.25, 0.3) is 16.7 Å². The van der Waals surface area contributed by atoms with Gasteiger partial charge in [0.25, 0.3) is 11.5 Å². The normalized spacial score (nSPS) is 11.3. The number of carbonyl (C=O) groups is 2. The van der Waals surface area contributed by atoms with E-state index in [9.17, 15) is 27.6 Å². The van der Waals surface area contributed by atoms with Gasteiger partial charge in [-0.2, -0.15) is 23.1 Å². The van der Waals surface area contributed by atoms with Crippen LogP contribution in [-0.4, -0.2) is 31.5 Å². The summed E-state index contributed by atoms with van der Waals surface area (Å²) in [7, 11) is 0. The van der Waals surface area contributed by atoms with E-state index >= 15 is 0 Å². The molecular weight excluding hydrogens is 553 g/mol. The van der Waals surface area contributed by atoms with Crippen molar-refractivity contribution in [3.05, 3.63) is 123 Å². The molecule has 212 valence electrons. The zero-order valence-corrected chi connectivity index (χ0v) is 21.8. The maximum absolute atomic E-state index is 12.9. The Kier molecular flexibility index (Phi) is 7.45. The molecule has 42 heavy (non-hydrogen) atoms. The van der Waals surface area contributed by atoms with Crippen molar-refractivity contribution in [3.63, 3.8) is 0 Å². The highest BCUT2D eigenvalue weighted by atomic mass is 19.4. The number of aromatic carboxylic acids is 1. The van der Waals surface area contributed by atoms with Crippen LogP contribution < -0.4 is 15.6 Å². The van der Waals surface area contributed by atoms with E-state index in [0.29, 0.717) is 22.3 Å². The molecule has 5 rings (SSSR count). The number of benzene rings is 3. The summed E-state index contributed by atoms with van der Waals surface area (Å²) in [4.78, 5) is 45.3. The molecule has 0 spiro atoms. The smallest absolute Gasteiger partial charge is 0.416 e. The number of rotatable bonds is 7. The summed E-state index contributed by atoms with van der Waals surface area (Å²) in [6, 6.07) is 19.2. The van der Waals surface area contributed by atoms with Gasteiger partial charge in [0, 0.05) is 23.6 Å². The number of halogens is 3. The van der Waals surface area contributed by atoms with Crippen LogP contribution in [0.2, 0.25) is 0 Å². The third-order valence-electron chi connectivity index (χ3n) is 6.35. The summed E-state index contributed by atoms with van der Waals surface area (Å²) in [6.07, 6.45) is -4.49. The summed E-state index contributed by atoms with van der Waals surface area (Å²) in [5.41, 5.74) is 1.03. The van der Waals surface area contributed by atoms with E-state index in [0.717, 1.165) is 29.8 Å². The fraction of sp³-hybridized carbons (Fsp3) is 0.100. The Morgan fingerprint density at radius 1 is 0.881 bits per heavy atom. The molecular formula is C30H21F3N4O5. The SMILES string of the molecule is Cc1nc(Oc2ccc(C(F)(F)F)cc2)nc2c1ccc(=O)n2-c1ccc(C(=O)NCc2ccc(C(=O)O)cc2)cc1. The number of carboxylic acid groups (broad SMARTS) is 1. The van der Waals surface area contributed by atoms with E-state index in [-0.39, 0.29) is 35.4 Å². The molecule has 2 aromatic heterocycles. The number of nitrogens with one attached hydrogen (secondary N) is 1. The molecule has 1 amide bonds. The molecule has 0 aliphatic rings. The number of aryl methyl sites for hydroxylation is 1. The van der Waals surface area contributed by atoms with Crippen molar-refractivity contribution in [1.29, 1.82) is 0 Å². The van der Waals surface area contributed by atoms with Crippen LogP contribution >= 0.6 is 0 Å². The van der Waals surface area contributed by atoms with Gasteiger partial charge in [0.15, 0.2) is 5.65 Å². The Morgan fingerprint density at radius 2 is 1.52 bits per heavy atom. The summed E-state index contributed by atoms with van der Waals surface area (Å²) in [6.45, 7) is 1.86. The third-order valence-corrected chi connectivity index (χ3v) is 6.35. The number of carboxylic acids is 1. The van der Waals surface area contributed by atoms with Crippen molar-refractivity contribution in [3.8, 4) is 17.4 Å². The van der Waals surface area contributed by atoms with Crippen molar-refractivity contribution >= 4 is 22.9 Å². The predicted molar refractivity (Wildman–Crippen MR) is 146 cm³/mol. The molecule has 2 N–H and O–H groups in total. The second kappa shape index (κ2) is 11.2. The molecule has 3 aromatic carbocycles. The van der Waals surface area contributed by atoms with E-state index in [1.54, 1.807) is 37.3 Å². The van der Waals surface area contributed by atoms with Crippen LogP contribution in [-0.2, 0) is 12.7 Å². The molecule has 12 heteroatoms. The molecule has 0 radical (unpaired) electrons. The van der Waals surface area contributed by atoms with Gasteiger partial charge in [-0.3, -0.25) is 14.2 Å². The standard InChI is InChI=1S/C30H21F3N4O5/c1-17-24-14-15-25(38)37(26(24)36-29(35-17)42-23-12-8-21(9-13-23)30(31,32)33)22-10-6-19(7-11-22)27(39)34-16-18-2-4-20(5-3-18)28(40)41/h2-15H,16H2,1H3,(H,34,39)(H,40,41). The van der Waals surface area contributed by atoms with Gasteiger partial charge in [0.05, 0.1) is 22.5 Å². The Labute approximate surface area is 235 Å². The fourth-order valence-corrected chi connectivity index (χ4v) is 4.16. The molecule has 0 fully saturated rings. The number of pyridine rings is 1. The highest BCUT2D eigenvalue weighted by Gasteiger charge is 2.30. The Hall–Kier alpha value is -5.52. The van der Waals surface area contributed by atoms with E-state index in [2.05, 4.69) is 15.3 Å². The average Bonchev–Trinajstić information content (AvgIpc) is 2.96. The maximum atomic E-state index is 12.9. The van der Waals surface area contributed by atoms with Gasteiger partial charge in [-0.1, -0.05) is 12.1 Å². The van der Waals surface area contributed by atoms with Crippen LogP contribution in [0.1, 0.15) is 37.5 Å². The lowest BCUT2D eigenvalue weighted by Gasteiger charge is -2.13. The van der Waals surface area contributed by atoms with Crippen molar-refractivity contribution in [2.24, 2.45) is 0 Å². The van der Waals surface area contributed by atoms with Gasteiger partial charge in [0.2, 0.25) is 0 Å². The molecule has 0 saturated carbocycles. The van der Waals surface area contributed by atoms with Crippen LogP contribution in [0.4, 0.5) is 13.2 Å². The minimum absolute atomic E-state index is 0.0831. The number of hydrogen-bond acceptors (Lipinski definition) is 6. The summed E-state index contributed by atoms with van der Waals surface area (Å²) in [5, 5.41) is 12.3. The molecule has 9 nitrogen and oxygen atoms in total. The topological polar surface area (TPSA) is 123 Å². The second-order valence-corrected chi connectivity index (χ2v) is 9.19. The van der Waals surface area contributed by atoms with Crippen LogP contribution in [0.15, 0.2) is 89.7 Å². The van der Waals surface area contributed by atoms with Gasteiger partial charge in [-0.15, -0.1) is 0 Å². The molecule has 5 aromatic rings. The van der Waals surface area contributed by atoms with Crippen molar-refractivity contribution in [2.75, 3.05) is 0 Å². The van der Waals surface area contributed by atoms with Crippen molar-refractivity contribution in [1.82, 2.24) is 19.9 Å². The van der Waals surface area contributed by atoms with Gasteiger partial charge < -0.3 is 15.2 Å². The highest BCUT2D eigenvalue weighted by molar-refractivity contribution is 5.94. The monoisotopic (exact) mass is 574 g/mol. The van der Waals surface area contributed by atoms with Crippen LogP contribution in [0.5, 0.6) is 11.8 Å². The number of nitrogens with zero attached hydrogens (tertiary/aromatic N) is 3. The first-order chi connectivity index (χ1) is 20.0. The first-order valence-electron chi connectivity index (χ1n) is 12.5.